The average molecular weight is 292 g/mol. The quantitative estimate of drug-likeness (QED) is 0.641. The van der Waals surface area contributed by atoms with E-state index in [-0.39, 0.29) is 17.4 Å². The zero-order chi connectivity index (χ0) is 12.4. The number of hydrogen-bond acceptors (Lipinski definition) is 1. The normalized spacial score (nSPS) is 33.6. The van der Waals surface area contributed by atoms with E-state index in [0.29, 0.717) is 6.61 Å². The van der Waals surface area contributed by atoms with Crippen LogP contribution in [-0.2, 0) is 4.74 Å². The summed E-state index contributed by atoms with van der Waals surface area (Å²) in [5.41, 5.74) is 4.80. The van der Waals surface area contributed by atoms with Crippen molar-refractivity contribution in [2.75, 3.05) is 6.61 Å². The van der Waals surface area contributed by atoms with Gasteiger partial charge in [-0.3, -0.25) is 0 Å². The van der Waals surface area contributed by atoms with E-state index in [2.05, 4.69) is 26.0 Å². The first-order valence-corrected chi connectivity index (χ1v) is 6.86. The topological polar surface area (TPSA) is 9.23 Å². The molecule has 0 radical (unpaired) electrons. The Balaban J connectivity index is 2.18. The molecule has 1 fully saturated rings. The van der Waals surface area contributed by atoms with Gasteiger partial charge in [0.25, 0.3) is 0 Å². The molecule has 1 aromatic rings. The molecule has 1 aliphatic heterocycles. The lowest BCUT2D eigenvalue weighted by Crippen LogP contribution is -2.25. The van der Waals surface area contributed by atoms with Gasteiger partial charge in [0.2, 0.25) is 0 Å². The summed E-state index contributed by atoms with van der Waals surface area (Å²) in [5.74, 6) is -0.0528. The van der Waals surface area contributed by atoms with Gasteiger partial charge in [-0.05, 0) is 36.1 Å². The molecule has 92 valence electrons. The lowest BCUT2D eigenvalue weighted by atomic mass is 9.97. The van der Waals surface area contributed by atoms with Crippen molar-refractivity contribution >= 4 is 34.8 Å². The van der Waals surface area contributed by atoms with Gasteiger partial charge in [0.05, 0.1) is 18.1 Å². The second-order valence-corrected chi connectivity index (χ2v) is 6.94. The molecule has 0 N–H and O–H groups in total. The number of halogens is 3. The molecule has 2 aliphatic rings. The third kappa shape index (κ3) is 1.56. The molecule has 1 saturated heterocycles. The lowest BCUT2D eigenvalue weighted by Gasteiger charge is -2.21. The molecule has 0 spiro atoms. The second kappa shape index (κ2) is 3.77. The summed E-state index contributed by atoms with van der Waals surface area (Å²) in [6.45, 7) is 4.54. The van der Waals surface area contributed by atoms with Crippen LogP contribution >= 0.6 is 34.8 Å². The van der Waals surface area contributed by atoms with Gasteiger partial charge in [0.15, 0.2) is 0 Å². The standard InChI is InChI=1S/C13H13Cl3O/c1-6-3-4-8-9(7(6)2)12-10(11(8)14)13(15,16)5-17-12/h3-4,10-12H,5H2,1-2H3/t10-,11+,12+/m1/s1. The Kier molecular flexibility index (Phi) is 2.68. The third-order valence-electron chi connectivity index (χ3n) is 3.99. The molecule has 0 saturated carbocycles. The van der Waals surface area contributed by atoms with E-state index in [4.69, 9.17) is 39.5 Å². The fourth-order valence-corrected chi connectivity index (χ4v) is 4.20. The van der Waals surface area contributed by atoms with E-state index in [1.807, 2.05) is 0 Å². The van der Waals surface area contributed by atoms with E-state index in [9.17, 15) is 0 Å². The Morgan fingerprint density at radius 1 is 1.29 bits per heavy atom. The van der Waals surface area contributed by atoms with E-state index in [0.717, 1.165) is 5.56 Å². The molecule has 3 rings (SSSR count). The molecular weight excluding hydrogens is 279 g/mol. The van der Waals surface area contributed by atoms with Gasteiger partial charge in [-0.1, -0.05) is 35.3 Å². The molecule has 0 unspecified atom stereocenters. The Bertz CT molecular complexity index is 484. The van der Waals surface area contributed by atoms with Crippen LogP contribution in [0.5, 0.6) is 0 Å². The van der Waals surface area contributed by atoms with Crippen molar-refractivity contribution in [2.24, 2.45) is 5.92 Å². The van der Waals surface area contributed by atoms with Crippen LogP contribution in [0.3, 0.4) is 0 Å². The Morgan fingerprint density at radius 2 is 2.00 bits per heavy atom. The molecule has 0 bridgehead atoms. The van der Waals surface area contributed by atoms with Crippen molar-refractivity contribution in [1.29, 1.82) is 0 Å². The molecule has 0 aromatic heterocycles. The van der Waals surface area contributed by atoms with Gasteiger partial charge >= 0.3 is 0 Å². The summed E-state index contributed by atoms with van der Waals surface area (Å²) < 4.78 is 4.90. The van der Waals surface area contributed by atoms with Crippen LogP contribution in [0, 0.1) is 19.8 Å². The van der Waals surface area contributed by atoms with E-state index in [1.165, 1.54) is 16.7 Å². The number of ether oxygens (including phenoxy) is 1. The molecule has 0 amide bonds. The Hall–Kier alpha value is 0.0500. The minimum absolute atomic E-state index is 0.0528. The summed E-state index contributed by atoms with van der Waals surface area (Å²) in [6, 6.07) is 4.16. The number of benzene rings is 1. The molecule has 1 nitrogen and oxygen atoms in total. The minimum Gasteiger partial charge on any atom is -0.370 e. The molecule has 4 heteroatoms. The largest absolute Gasteiger partial charge is 0.370 e. The first kappa shape index (κ1) is 12.1. The van der Waals surface area contributed by atoms with Gasteiger partial charge in [0, 0.05) is 5.92 Å². The van der Waals surface area contributed by atoms with Gasteiger partial charge in [-0.15, -0.1) is 11.6 Å². The summed E-state index contributed by atoms with van der Waals surface area (Å²) in [7, 11) is 0. The first-order chi connectivity index (χ1) is 7.93. The van der Waals surface area contributed by atoms with Crippen LogP contribution in [0.15, 0.2) is 12.1 Å². The average Bonchev–Trinajstić information content (AvgIpc) is 2.71. The van der Waals surface area contributed by atoms with E-state index >= 15 is 0 Å². The van der Waals surface area contributed by atoms with Crippen LogP contribution in [-0.4, -0.2) is 10.9 Å². The monoisotopic (exact) mass is 290 g/mol. The van der Waals surface area contributed by atoms with E-state index < -0.39 is 4.33 Å². The number of fused-ring (bicyclic) bond motifs is 3. The van der Waals surface area contributed by atoms with Crippen LogP contribution in [0.25, 0.3) is 0 Å². The summed E-state index contributed by atoms with van der Waals surface area (Å²) in [4.78, 5) is 0. The highest BCUT2D eigenvalue weighted by Crippen LogP contribution is 2.61. The van der Waals surface area contributed by atoms with Crippen LogP contribution in [0.2, 0.25) is 0 Å². The highest BCUT2D eigenvalue weighted by molar-refractivity contribution is 6.49. The van der Waals surface area contributed by atoms with Crippen LogP contribution in [0.1, 0.15) is 33.7 Å². The second-order valence-electron chi connectivity index (χ2n) is 4.93. The number of rotatable bonds is 0. The van der Waals surface area contributed by atoms with Crippen molar-refractivity contribution < 1.29 is 4.74 Å². The van der Waals surface area contributed by atoms with Crippen molar-refractivity contribution in [2.45, 2.75) is 29.7 Å². The van der Waals surface area contributed by atoms with Gasteiger partial charge in [-0.2, -0.15) is 0 Å². The number of alkyl halides is 3. The number of hydrogen-bond donors (Lipinski definition) is 0. The Labute approximate surface area is 116 Å². The summed E-state index contributed by atoms with van der Waals surface area (Å²) in [6.07, 6.45) is -0.0533. The fraction of sp³-hybridized carbons (Fsp3) is 0.538. The molecule has 1 heterocycles. The third-order valence-corrected chi connectivity index (χ3v) is 5.21. The van der Waals surface area contributed by atoms with Gasteiger partial charge < -0.3 is 4.74 Å². The maximum absolute atomic E-state index is 6.50. The van der Waals surface area contributed by atoms with Gasteiger partial charge in [-0.25, -0.2) is 0 Å². The molecule has 3 atom stereocenters. The zero-order valence-corrected chi connectivity index (χ0v) is 11.9. The summed E-state index contributed by atoms with van der Waals surface area (Å²) in [5, 5.41) is -0.160. The number of aryl methyl sites for hydroxylation is 1. The van der Waals surface area contributed by atoms with Gasteiger partial charge in [0.1, 0.15) is 4.33 Å². The Morgan fingerprint density at radius 3 is 2.71 bits per heavy atom. The summed E-state index contributed by atoms with van der Waals surface area (Å²) >= 11 is 19.1. The zero-order valence-electron chi connectivity index (χ0n) is 9.64. The smallest absolute Gasteiger partial charge is 0.148 e. The predicted molar refractivity (Wildman–Crippen MR) is 71.1 cm³/mol. The molecule has 1 aromatic carbocycles. The van der Waals surface area contributed by atoms with Crippen LogP contribution < -0.4 is 0 Å². The highest BCUT2D eigenvalue weighted by atomic mass is 35.5. The fourth-order valence-electron chi connectivity index (χ4n) is 2.92. The maximum atomic E-state index is 6.50. The molecular formula is C13H13Cl3O. The first-order valence-electron chi connectivity index (χ1n) is 5.67. The lowest BCUT2D eigenvalue weighted by molar-refractivity contribution is 0.0978. The minimum atomic E-state index is -0.879. The van der Waals surface area contributed by atoms with Crippen molar-refractivity contribution in [3.63, 3.8) is 0 Å². The molecule has 17 heavy (non-hydrogen) atoms. The van der Waals surface area contributed by atoms with Crippen molar-refractivity contribution in [3.8, 4) is 0 Å². The maximum Gasteiger partial charge on any atom is 0.148 e. The predicted octanol–water partition coefficient (Wildman–Crippen LogP) is 4.46. The van der Waals surface area contributed by atoms with E-state index in [1.54, 1.807) is 0 Å². The highest BCUT2D eigenvalue weighted by Gasteiger charge is 2.56. The van der Waals surface area contributed by atoms with Crippen molar-refractivity contribution in [3.05, 3.63) is 34.4 Å². The van der Waals surface area contributed by atoms with Crippen molar-refractivity contribution in [1.82, 2.24) is 0 Å². The molecule has 1 aliphatic carbocycles. The SMILES string of the molecule is Cc1ccc2c(c1C)[C@@H]1OCC(Cl)(Cl)[C@@H]1[C@H]2Cl. The van der Waals surface area contributed by atoms with Crippen LogP contribution in [0.4, 0.5) is 0 Å².